The van der Waals surface area contributed by atoms with Gasteiger partial charge in [-0.3, -0.25) is 9.36 Å². The molecule has 0 saturated carbocycles. The van der Waals surface area contributed by atoms with Crippen molar-refractivity contribution < 1.29 is 0 Å². The number of nitrogens with zero attached hydrogens (tertiary/aromatic N) is 2. The molecule has 0 aliphatic heterocycles. The average molecular weight is 296 g/mol. The molecule has 1 heterocycles. The van der Waals surface area contributed by atoms with Crippen LogP contribution < -0.4 is 5.56 Å². The highest BCUT2D eigenvalue weighted by Gasteiger charge is 2.08. The smallest absolute Gasteiger partial charge is 0.261 e. The van der Waals surface area contributed by atoms with Gasteiger partial charge in [0.25, 0.3) is 5.56 Å². The predicted molar refractivity (Wildman–Crippen MR) is 87.7 cm³/mol. The molecule has 1 aromatic heterocycles. The lowest BCUT2D eigenvalue weighted by atomic mass is 10.1. The molecule has 0 amide bonds. The molecule has 3 nitrogen and oxygen atoms in total. The van der Waals surface area contributed by atoms with E-state index in [1.165, 1.54) is 11.1 Å². The minimum absolute atomic E-state index is 0.00730. The van der Waals surface area contributed by atoms with Crippen molar-refractivity contribution >= 4 is 22.7 Å². The van der Waals surface area contributed by atoms with Crippen LogP contribution in [0.15, 0.2) is 58.5 Å². The number of aryl methyl sites for hydroxylation is 1. The van der Waals surface area contributed by atoms with Crippen LogP contribution in [0.2, 0.25) is 0 Å². The first kappa shape index (κ1) is 13.9. The van der Waals surface area contributed by atoms with E-state index in [1.54, 1.807) is 23.4 Å². The fourth-order valence-electron chi connectivity index (χ4n) is 2.24. The lowest BCUT2D eigenvalue weighted by Gasteiger charge is -2.09. The maximum absolute atomic E-state index is 12.3. The lowest BCUT2D eigenvalue weighted by Crippen LogP contribution is -2.19. The van der Waals surface area contributed by atoms with Crippen LogP contribution in [0, 0.1) is 6.92 Å². The van der Waals surface area contributed by atoms with Gasteiger partial charge in [-0.25, -0.2) is 4.98 Å². The number of rotatable bonds is 3. The molecular formula is C17H16N2OS. The van der Waals surface area contributed by atoms with Crippen LogP contribution in [0.5, 0.6) is 0 Å². The van der Waals surface area contributed by atoms with Crippen LogP contribution in [0.1, 0.15) is 11.1 Å². The second-order valence-electron chi connectivity index (χ2n) is 4.99. The van der Waals surface area contributed by atoms with Crippen molar-refractivity contribution in [2.75, 3.05) is 0 Å². The summed E-state index contributed by atoms with van der Waals surface area (Å²) < 4.78 is 1.63. The van der Waals surface area contributed by atoms with E-state index in [9.17, 15) is 4.79 Å². The molecule has 0 aliphatic carbocycles. The predicted octanol–water partition coefficient (Wildman–Crippen LogP) is 3.53. The molecule has 0 fully saturated rings. The van der Waals surface area contributed by atoms with Gasteiger partial charge in [-0.05, 0) is 30.2 Å². The third-order valence-corrected chi connectivity index (χ3v) is 4.64. The first-order valence-electron chi connectivity index (χ1n) is 6.80. The highest BCUT2D eigenvalue weighted by molar-refractivity contribution is 7.98. The van der Waals surface area contributed by atoms with Crippen molar-refractivity contribution in [1.82, 2.24) is 9.55 Å². The van der Waals surface area contributed by atoms with E-state index in [2.05, 4.69) is 24.0 Å². The van der Waals surface area contributed by atoms with Gasteiger partial charge < -0.3 is 0 Å². The lowest BCUT2D eigenvalue weighted by molar-refractivity contribution is 0.726. The summed E-state index contributed by atoms with van der Waals surface area (Å²) in [5, 5.41) is 1.42. The van der Waals surface area contributed by atoms with E-state index in [0.29, 0.717) is 5.39 Å². The van der Waals surface area contributed by atoms with Gasteiger partial charge >= 0.3 is 0 Å². The Bertz CT molecular complexity index is 855. The van der Waals surface area contributed by atoms with Crippen LogP contribution in [-0.2, 0) is 12.8 Å². The Balaban J connectivity index is 1.96. The summed E-state index contributed by atoms with van der Waals surface area (Å²) in [5.41, 5.74) is 3.29. The monoisotopic (exact) mass is 296 g/mol. The summed E-state index contributed by atoms with van der Waals surface area (Å²) in [6.45, 7) is 2.10. The van der Waals surface area contributed by atoms with Gasteiger partial charge in [0.1, 0.15) is 0 Å². The van der Waals surface area contributed by atoms with E-state index in [1.807, 2.05) is 36.4 Å². The number of benzene rings is 2. The third kappa shape index (κ3) is 2.72. The zero-order chi connectivity index (χ0) is 14.8. The molecule has 0 N–H and O–H groups in total. The second-order valence-corrected chi connectivity index (χ2v) is 5.93. The molecule has 0 bridgehead atoms. The van der Waals surface area contributed by atoms with Crippen LogP contribution in [0.25, 0.3) is 10.9 Å². The molecule has 0 saturated heterocycles. The quantitative estimate of drug-likeness (QED) is 0.548. The third-order valence-electron chi connectivity index (χ3n) is 3.56. The number of para-hydroxylation sites is 1. The van der Waals surface area contributed by atoms with Gasteiger partial charge in [0.2, 0.25) is 0 Å². The van der Waals surface area contributed by atoms with Crippen LogP contribution in [-0.4, -0.2) is 9.55 Å². The van der Waals surface area contributed by atoms with Crippen molar-refractivity contribution in [2.45, 2.75) is 17.8 Å². The topological polar surface area (TPSA) is 34.9 Å². The number of hydrogen-bond donors (Lipinski definition) is 0. The zero-order valence-electron chi connectivity index (χ0n) is 12.0. The maximum Gasteiger partial charge on any atom is 0.261 e. The summed E-state index contributed by atoms with van der Waals surface area (Å²) >= 11 is 1.60. The van der Waals surface area contributed by atoms with Crippen molar-refractivity contribution in [2.24, 2.45) is 7.05 Å². The Hall–Kier alpha value is -2.07. The van der Waals surface area contributed by atoms with Crippen molar-refractivity contribution in [3.05, 3.63) is 70.0 Å². The number of aromatic nitrogens is 2. The number of hydrogen-bond acceptors (Lipinski definition) is 3. The molecule has 0 spiro atoms. The standard InChI is InChI=1S/C17H16N2OS/c1-12-7-3-4-8-13(12)11-21-17-18-15-10-6-5-9-14(15)16(20)19(17)2/h3-10H,11H2,1-2H3. The molecular weight excluding hydrogens is 280 g/mol. The number of thioether (sulfide) groups is 1. The maximum atomic E-state index is 12.3. The van der Waals surface area contributed by atoms with Gasteiger partial charge in [-0.2, -0.15) is 0 Å². The summed E-state index contributed by atoms with van der Waals surface area (Å²) in [6.07, 6.45) is 0. The highest BCUT2D eigenvalue weighted by Crippen LogP contribution is 2.22. The van der Waals surface area contributed by atoms with Crippen molar-refractivity contribution in [1.29, 1.82) is 0 Å². The Morgan fingerprint density at radius 1 is 1.10 bits per heavy atom. The molecule has 0 radical (unpaired) electrons. The second kappa shape index (κ2) is 5.74. The Morgan fingerprint density at radius 3 is 2.62 bits per heavy atom. The molecule has 106 valence electrons. The minimum atomic E-state index is 0.00730. The average Bonchev–Trinajstić information content (AvgIpc) is 2.51. The fourth-order valence-corrected chi connectivity index (χ4v) is 3.29. The fraction of sp³-hybridized carbons (Fsp3) is 0.176. The van der Waals surface area contributed by atoms with E-state index in [0.717, 1.165) is 16.4 Å². The Labute approximate surface area is 127 Å². The summed E-state index contributed by atoms with van der Waals surface area (Å²) in [5.74, 6) is 0.811. The molecule has 0 aliphatic rings. The van der Waals surface area contributed by atoms with Crippen molar-refractivity contribution in [3.8, 4) is 0 Å². The van der Waals surface area contributed by atoms with Crippen molar-refractivity contribution in [3.63, 3.8) is 0 Å². The minimum Gasteiger partial charge on any atom is -0.290 e. The summed E-state index contributed by atoms with van der Waals surface area (Å²) in [7, 11) is 1.78. The molecule has 3 aromatic rings. The molecule has 4 heteroatoms. The largest absolute Gasteiger partial charge is 0.290 e. The molecule has 21 heavy (non-hydrogen) atoms. The Kier molecular flexibility index (Phi) is 3.80. The van der Waals surface area contributed by atoms with Gasteiger partial charge in [-0.1, -0.05) is 48.2 Å². The van der Waals surface area contributed by atoms with Gasteiger partial charge in [0.05, 0.1) is 10.9 Å². The summed E-state index contributed by atoms with van der Waals surface area (Å²) in [4.78, 5) is 16.9. The highest BCUT2D eigenvalue weighted by atomic mass is 32.2. The Morgan fingerprint density at radius 2 is 1.81 bits per heavy atom. The molecule has 0 unspecified atom stereocenters. The first-order valence-corrected chi connectivity index (χ1v) is 7.78. The van der Waals surface area contributed by atoms with Crippen LogP contribution in [0.4, 0.5) is 0 Å². The van der Waals surface area contributed by atoms with Crippen LogP contribution >= 0.6 is 11.8 Å². The van der Waals surface area contributed by atoms with Gasteiger partial charge in [0.15, 0.2) is 5.16 Å². The zero-order valence-corrected chi connectivity index (χ0v) is 12.9. The van der Waals surface area contributed by atoms with Gasteiger partial charge in [-0.15, -0.1) is 0 Å². The molecule has 3 rings (SSSR count). The van der Waals surface area contributed by atoms with Crippen LogP contribution in [0.3, 0.4) is 0 Å². The number of fused-ring (bicyclic) bond motifs is 1. The normalized spacial score (nSPS) is 11.0. The van der Waals surface area contributed by atoms with E-state index < -0.39 is 0 Å². The first-order chi connectivity index (χ1) is 10.2. The van der Waals surface area contributed by atoms with Gasteiger partial charge in [0, 0.05) is 12.8 Å². The summed E-state index contributed by atoms with van der Waals surface area (Å²) in [6, 6.07) is 15.8. The molecule has 2 aromatic carbocycles. The SMILES string of the molecule is Cc1ccccc1CSc1nc2ccccc2c(=O)n1C. The van der Waals surface area contributed by atoms with E-state index >= 15 is 0 Å². The molecule has 0 atom stereocenters. The van der Waals surface area contributed by atoms with E-state index in [-0.39, 0.29) is 5.56 Å². The van der Waals surface area contributed by atoms with E-state index in [4.69, 9.17) is 0 Å².